The number of ether oxygens (including phenoxy) is 1. The summed E-state index contributed by atoms with van der Waals surface area (Å²) < 4.78 is 5.14. The van der Waals surface area contributed by atoms with Crippen molar-refractivity contribution in [1.82, 2.24) is 10.2 Å². The Morgan fingerprint density at radius 1 is 1.29 bits per heavy atom. The molecule has 132 valence electrons. The quantitative estimate of drug-likeness (QED) is 0.885. The topological polar surface area (TPSA) is 78.9 Å². The number of hydrogen-bond donors (Lipinski definition) is 2. The summed E-state index contributed by atoms with van der Waals surface area (Å²) in [5, 5.41) is 12.5. The van der Waals surface area contributed by atoms with Crippen LogP contribution in [0, 0.1) is 0 Å². The Labute approximate surface area is 142 Å². The first-order valence-electron chi connectivity index (χ1n) is 8.25. The third kappa shape index (κ3) is 5.23. The number of benzene rings is 1. The van der Waals surface area contributed by atoms with Gasteiger partial charge in [0.05, 0.1) is 12.1 Å². The lowest BCUT2D eigenvalue weighted by molar-refractivity contribution is -0.132. The minimum atomic E-state index is -0.564. The first-order valence-corrected chi connectivity index (χ1v) is 8.25. The van der Waals surface area contributed by atoms with Gasteiger partial charge < -0.3 is 20.1 Å². The van der Waals surface area contributed by atoms with Crippen molar-refractivity contribution in [2.75, 3.05) is 13.1 Å². The molecule has 2 N–H and O–H groups in total. The number of hydrogen-bond acceptors (Lipinski definition) is 4. The number of alkyl carbamates (subject to hydrolysis) is 1. The van der Waals surface area contributed by atoms with Crippen LogP contribution in [-0.4, -0.2) is 46.8 Å². The lowest BCUT2D eigenvalue weighted by Gasteiger charge is -2.25. The molecule has 2 amide bonds. The van der Waals surface area contributed by atoms with Crippen molar-refractivity contribution < 1.29 is 19.4 Å². The van der Waals surface area contributed by atoms with Gasteiger partial charge in [0.2, 0.25) is 5.91 Å². The van der Waals surface area contributed by atoms with Gasteiger partial charge in [-0.1, -0.05) is 30.3 Å². The fourth-order valence-electron chi connectivity index (χ4n) is 2.81. The van der Waals surface area contributed by atoms with Crippen LogP contribution in [0.1, 0.15) is 45.2 Å². The molecular weight excluding hydrogens is 308 g/mol. The van der Waals surface area contributed by atoms with Gasteiger partial charge in [0, 0.05) is 19.5 Å². The van der Waals surface area contributed by atoms with E-state index in [-0.39, 0.29) is 24.9 Å². The molecule has 1 aliphatic heterocycles. The van der Waals surface area contributed by atoms with Crippen molar-refractivity contribution in [2.24, 2.45) is 0 Å². The highest BCUT2D eigenvalue weighted by Gasteiger charge is 2.34. The van der Waals surface area contributed by atoms with Crippen molar-refractivity contribution in [3.05, 3.63) is 35.9 Å². The normalized spacial score (nSPS) is 20.8. The molecule has 6 nitrogen and oxygen atoms in total. The highest BCUT2D eigenvalue weighted by atomic mass is 16.6. The predicted octanol–water partition coefficient (Wildman–Crippen LogP) is 2.24. The molecule has 2 rings (SSSR count). The van der Waals surface area contributed by atoms with E-state index in [1.54, 1.807) is 25.7 Å². The van der Waals surface area contributed by atoms with E-state index in [2.05, 4.69) is 5.32 Å². The van der Waals surface area contributed by atoms with Gasteiger partial charge in [-0.25, -0.2) is 4.79 Å². The monoisotopic (exact) mass is 334 g/mol. The van der Waals surface area contributed by atoms with Crippen molar-refractivity contribution in [3.63, 3.8) is 0 Å². The van der Waals surface area contributed by atoms with Crippen LogP contribution >= 0.6 is 0 Å². The number of carbonyl (C=O) groups excluding carboxylic acids is 2. The van der Waals surface area contributed by atoms with Crippen LogP contribution in [0.5, 0.6) is 0 Å². The molecule has 0 saturated carbocycles. The smallest absolute Gasteiger partial charge is 0.407 e. The Morgan fingerprint density at radius 3 is 2.58 bits per heavy atom. The van der Waals surface area contributed by atoms with Crippen LogP contribution in [0.2, 0.25) is 0 Å². The van der Waals surface area contributed by atoms with E-state index in [0.717, 1.165) is 5.56 Å². The predicted molar refractivity (Wildman–Crippen MR) is 90.4 cm³/mol. The van der Waals surface area contributed by atoms with E-state index in [1.807, 2.05) is 30.3 Å². The zero-order valence-corrected chi connectivity index (χ0v) is 14.5. The van der Waals surface area contributed by atoms with Gasteiger partial charge in [0.25, 0.3) is 0 Å². The lowest BCUT2D eigenvalue weighted by atomic mass is 10.0. The van der Waals surface area contributed by atoms with E-state index in [0.29, 0.717) is 13.0 Å². The SMILES string of the molecule is CC(C)(C)OC(=O)NCCC(=O)N1C[C@H](O)C[C@H]1c1ccccc1. The van der Waals surface area contributed by atoms with Crippen LogP contribution in [0.3, 0.4) is 0 Å². The van der Waals surface area contributed by atoms with Crippen LogP contribution in [0.4, 0.5) is 4.79 Å². The molecule has 0 unspecified atom stereocenters. The number of β-amino-alcohol motifs (C(OH)–C–C–N with tert-alkyl or cyclic N) is 1. The lowest BCUT2D eigenvalue weighted by Crippen LogP contribution is -2.37. The van der Waals surface area contributed by atoms with Gasteiger partial charge in [-0.3, -0.25) is 4.79 Å². The number of rotatable bonds is 4. The zero-order valence-electron chi connectivity index (χ0n) is 14.5. The molecule has 1 aliphatic rings. The molecule has 2 atom stereocenters. The maximum Gasteiger partial charge on any atom is 0.407 e. The summed E-state index contributed by atoms with van der Waals surface area (Å²) in [7, 11) is 0. The summed E-state index contributed by atoms with van der Waals surface area (Å²) >= 11 is 0. The molecule has 6 heteroatoms. The number of likely N-dealkylation sites (tertiary alicyclic amines) is 1. The molecule has 0 radical (unpaired) electrons. The second-order valence-electron chi connectivity index (χ2n) is 7.04. The number of amides is 2. The standard InChI is InChI=1S/C18H26N2O4/c1-18(2,3)24-17(23)19-10-9-16(22)20-12-14(21)11-15(20)13-7-5-4-6-8-13/h4-8,14-15,21H,9-12H2,1-3H3,(H,19,23)/t14-,15+/m1/s1. The number of nitrogens with one attached hydrogen (secondary N) is 1. The molecule has 1 fully saturated rings. The van der Waals surface area contributed by atoms with Gasteiger partial charge in [-0.2, -0.15) is 0 Å². The van der Waals surface area contributed by atoms with E-state index in [9.17, 15) is 14.7 Å². The first-order chi connectivity index (χ1) is 11.3. The third-order valence-corrected chi connectivity index (χ3v) is 3.79. The summed E-state index contributed by atoms with van der Waals surface area (Å²) in [4.78, 5) is 25.8. The molecule has 0 spiro atoms. The first kappa shape index (κ1) is 18.3. The van der Waals surface area contributed by atoms with Crippen LogP contribution in [-0.2, 0) is 9.53 Å². The highest BCUT2D eigenvalue weighted by Crippen LogP contribution is 2.32. The van der Waals surface area contributed by atoms with Crippen LogP contribution < -0.4 is 5.32 Å². The van der Waals surface area contributed by atoms with Crippen LogP contribution in [0.15, 0.2) is 30.3 Å². The Hall–Kier alpha value is -2.08. The van der Waals surface area contributed by atoms with Crippen molar-refractivity contribution in [2.45, 2.75) is 51.4 Å². The molecular formula is C18H26N2O4. The fraction of sp³-hybridized carbons (Fsp3) is 0.556. The van der Waals surface area contributed by atoms with Crippen molar-refractivity contribution >= 4 is 12.0 Å². The summed E-state index contributed by atoms with van der Waals surface area (Å²) in [6, 6.07) is 9.57. The average molecular weight is 334 g/mol. The summed E-state index contributed by atoms with van der Waals surface area (Å²) in [6.45, 7) is 5.89. The minimum absolute atomic E-state index is 0.0866. The minimum Gasteiger partial charge on any atom is -0.444 e. The molecule has 1 heterocycles. The van der Waals surface area contributed by atoms with Crippen LogP contribution in [0.25, 0.3) is 0 Å². The third-order valence-electron chi connectivity index (χ3n) is 3.79. The van der Waals surface area contributed by atoms with Gasteiger partial charge in [-0.05, 0) is 32.8 Å². The number of nitrogens with zero attached hydrogens (tertiary/aromatic N) is 1. The molecule has 1 aromatic rings. The largest absolute Gasteiger partial charge is 0.444 e. The summed E-state index contributed by atoms with van der Waals surface area (Å²) in [5.74, 6) is -0.0866. The number of aliphatic hydroxyl groups is 1. The second-order valence-corrected chi connectivity index (χ2v) is 7.04. The van der Waals surface area contributed by atoms with E-state index in [4.69, 9.17) is 4.74 Å². The maximum atomic E-state index is 12.5. The van der Waals surface area contributed by atoms with Gasteiger partial charge in [0.15, 0.2) is 0 Å². The molecule has 1 saturated heterocycles. The number of aliphatic hydroxyl groups excluding tert-OH is 1. The molecule has 0 aliphatic carbocycles. The Morgan fingerprint density at radius 2 is 1.96 bits per heavy atom. The van der Waals surface area contributed by atoms with Crippen molar-refractivity contribution in [3.8, 4) is 0 Å². The summed E-state index contributed by atoms with van der Waals surface area (Å²) in [5.41, 5.74) is 0.452. The molecule has 0 aromatic heterocycles. The van der Waals surface area contributed by atoms with Crippen molar-refractivity contribution in [1.29, 1.82) is 0 Å². The zero-order chi connectivity index (χ0) is 17.7. The Kier molecular flexibility index (Phi) is 5.83. The average Bonchev–Trinajstić information content (AvgIpc) is 2.88. The van der Waals surface area contributed by atoms with E-state index < -0.39 is 17.8 Å². The molecule has 24 heavy (non-hydrogen) atoms. The van der Waals surface area contributed by atoms with E-state index >= 15 is 0 Å². The number of carbonyl (C=O) groups is 2. The van der Waals surface area contributed by atoms with Gasteiger partial charge in [0.1, 0.15) is 5.60 Å². The highest BCUT2D eigenvalue weighted by molar-refractivity contribution is 5.78. The van der Waals surface area contributed by atoms with Gasteiger partial charge >= 0.3 is 6.09 Å². The van der Waals surface area contributed by atoms with Gasteiger partial charge in [-0.15, -0.1) is 0 Å². The molecule has 0 bridgehead atoms. The van der Waals surface area contributed by atoms with E-state index in [1.165, 1.54) is 0 Å². The second kappa shape index (κ2) is 7.66. The Balaban J connectivity index is 1.88. The fourth-order valence-corrected chi connectivity index (χ4v) is 2.81. The summed E-state index contributed by atoms with van der Waals surface area (Å²) in [6.07, 6.45) is -0.334. The molecule has 1 aromatic carbocycles. The maximum absolute atomic E-state index is 12.5. The Bertz CT molecular complexity index is 568.